The first kappa shape index (κ1) is 16.5. The molecule has 3 heteroatoms. The lowest BCUT2D eigenvalue weighted by molar-refractivity contribution is 0.0978. The molecule has 0 unspecified atom stereocenters. The van der Waals surface area contributed by atoms with Crippen molar-refractivity contribution in [2.75, 3.05) is 4.90 Å². The number of amides is 1. The zero-order chi connectivity index (χ0) is 16.9. The molecule has 24 heavy (non-hydrogen) atoms. The minimum atomic E-state index is -0.0757. The van der Waals surface area contributed by atoms with Crippen molar-refractivity contribution in [1.82, 2.24) is 0 Å². The van der Waals surface area contributed by atoms with Gasteiger partial charge < -0.3 is 4.90 Å². The molecule has 0 aliphatic rings. The number of rotatable bonds is 4. The summed E-state index contributed by atoms with van der Waals surface area (Å²) in [4.78, 5) is 15.0. The van der Waals surface area contributed by atoms with Gasteiger partial charge in [-0.25, -0.2) is 0 Å². The molecule has 0 radical (unpaired) electrons. The predicted octanol–water partition coefficient (Wildman–Crippen LogP) is 5.86. The molecule has 0 saturated carbocycles. The Morgan fingerprint density at radius 3 is 1.96 bits per heavy atom. The number of nitrogens with zero attached hydrogens (tertiary/aromatic N) is 1. The van der Waals surface area contributed by atoms with Crippen molar-refractivity contribution < 1.29 is 4.79 Å². The Balaban J connectivity index is 2.02. The third-order valence-corrected chi connectivity index (χ3v) is 4.54. The first-order valence-electron chi connectivity index (χ1n) is 7.86. The maximum absolute atomic E-state index is 13.1. The second kappa shape index (κ2) is 7.45. The van der Waals surface area contributed by atoms with Gasteiger partial charge in [0.1, 0.15) is 0 Å². The smallest absolute Gasteiger partial charge is 0.258 e. The Morgan fingerprint density at radius 2 is 1.38 bits per heavy atom. The maximum atomic E-state index is 13.1. The van der Waals surface area contributed by atoms with Crippen LogP contribution in [0.1, 0.15) is 28.9 Å². The summed E-state index contributed by atoms with van der Waals surface area (Å²) in [6.07, 6.45) is 0. The monoisotopic (exact) mass is 379 g/mol. The van der Waals surface area contributed by atoms with Gasteiger partial charge in [0, 0.05) is 15.7 Å². The Morgan fingerprint density at radius 1 is 0.833 bits per heavy atom. The van der Waals surface area contributed by atoms with Crippen LogP contribution >= 0.6 is 15.9 Å². The lowest BCUT2D eigenvalue weighted by Crippen LogP contribution is -2.33. The molecular weight excluding hydrogens is 362 g/mol. The standard InChI is InChI=1S/C21H18BrNO/c1-16(17-12-14-19(22)15-13-17)23(20-10-6-3-7-11-20)21(24)18-8-4-2-5-9-18/h2-16H,1H3/t16-/m1/s1. The molecule has 1 atom stereocenters. The number of hydrogen-bond acceptors (Lipinski definition) is 1. The summed E-state index contributed by atoms with van der Waals surface area (Å²) in [7, 11) is 0. The van der Waals surface area contributed by atoms with E-state index in [0.29, 0.717) is 5.56 Å². The number of para-hydroxylation sites is 1. The highest BCUT2D eigenvalue weighted by molar-refractivity contribution is 9.10. The van der Waals surface area contributed by atoms with E-state index in [1.54, 1.807) is 0 Å². The number of benzene rings is 3. The Kier molecular flexibility index (Phi) is 5.11. The molecule has 0 N–H and O–H groups in total. The van der Waals surface area contributed by atoms with Crippen LogP contribution in [0.15, 0.2) is 89.4 Å². The van der Waals surface area contributed by atoms with Crippen LogP contribution < -0.4 is 4.90 Å². The third kappa shape index (κ3) is 3.57. The van der Waals surface area contributed by atoms with Gasteiger partial charge in [0.2, 0.25) is 0 Å². The summed E-state index contributed by atoms with van der Waals surface area (Å²) in [5.41, 5.74) is 2.67. The van der Waals surface area contributed by atoms with E-state index >= 15 is 0 Å². The number of carbonyl (C=O) groups excluding carboxylic acids is 1. The molecule has 0 saturated heterocycles. The van der Waals surface area contributed by atoms with Crippen molar-refractivity contribution in [2.24, 2.45) is 0 Å². The largest absolute Gasteiger partial charge is 0.301 e. The fraction of sp³-hybridized carbons (Fsp3) is 0.0952. The molecule has 0 bridgehead atoms. The zero-order valence-electron chi connectivity index (χ0n) is 13.4. The van der Waals surface area contributed by atoms with Gasteiger partial charge in [0.05, 0.1) is 6.04 Å². The summed E-state index contributed by atoms with van der Waals surface area (Å²) < 4.78 is 1.03. The van der Waals surface area contributed by atoms with Crippen LogP contribution in [0.4, 0.5) is 5.69 Å². The third-order valence-electron chi connectivity index (χ3n) is 4.01. The van der Waals surface area contributed by atoms with Gasteiger partial charge >= 0.3 is 0 Å². The number of anilines is 1. The molecule has 0 heterocycles. The highest BCUT2D eigenvalue weighted by atomic mass is 79.9. The molecule has 3 rings (SSSR count). The molecule has 0 aromatic heterocycles. The Labute approximate surface area is 150 Å². The van der Waals surface area contributed by atoms with E-state index in [1.165, 1.54) is 0 Å². The summed E-state index contributed by atoms with van der Waals surface area (Å²) in [6.45, 7) is 2.05. The van der Waals surface area contributed by atoms with Gasteiger partial charge in [0.15, 0.2) is 0 Å². The van der Waals surface area contributed by atoms with Crippen LogP contribution in [0.2, 0.25) is 0 Å². The zero-order valence-corrected chi connectivity index (χ0v) is 15.0. The van der Waals surface area contributed by atoms with E-state index in [1.807, 2.05) is 89.8 Å². The van der Waals surface area contributed by atoms with Crippen LogP contribution in [-0.2, 0) is 0 Å². The van der Waals surface area contributed by atoms with Crippen molar-refractivity contribution in [1.29, 1.82) is 0 Å². The molecule has 3 aromatic carbocycles. The summed E-state index contributed by atoms with van der Waals surface area (Å²) in [5.74, 6) is -0.00258. The van der Waals surface area contributed by atoms with Crippen molar-refractivity contribution in [3.63, 3.8) is 0 Å². The molecule has 3 aromatic rings. The molecule has 2 nitrogen and oxygen atoms in total. The quantitative estimate of drug-likeness (QED) is 0.555. The fourth-order valence-corrected chi connectivity index (χ4v) is 2.98. The molecule has 1 amide bonds. The molecule has 0 fully saturated rings. The van der Waals surface area contributed by atoms with E-state index in [0.717, 1.165) is 15.7 Å². The Bertz CT molecular complexity index is 800. The van der Waals surface area contributed by atoms with E-state index < -0.39 is 0 Å². The lowest BCUT2D eigenvalue weighted by atomic mass is 10.0. The van der Waals surface area contributed by atoms with Gasteiger partial charge in [0.25, 0.3) is 5.91 Å². The molecule has 120 valence electrons. The summed E-state index contributed by atoms with van der Waals surface area (Å²) >= 11 is 3.46. The average Bonchev–Trinajstić information content (AvgIpc) is 2.64. The van der Waals surface area contributed by atoms with Crippen molar-refractivity contribution in [3.05, 3.63) is 101 Å². The lowest BCUT2D eigenvalue weighted by Gasteiger charge is -2.30. The first-order chi connectivity index (χ1) is 11.7. The fourth-order valence-electron chi connectivity index (χ4n) is 2.72. The van der Waals surface area contributed by atoms with Crippen molar-refractivity contribution >= 4 is 27.5 Å². The second-order valence-electron chi connectivity index (χ2n) is 5.60. The number of carbonyl (C=O) groups is 1. The average molecular weight is 380 g/mol. The molecular formula is C21H18BrNO. The van der Waals surface area contributed by atoms with E-state index in [2.05, 4.69) is 22.9 Å². The van der Waals surface area contributed by atoms with E-state index in [-0.39, 0.29) is 11.9 Å². The van der Waals surface area contributed by atoms with Crippen LogP contribution in [-0.4, -0.2) is 5.91 Å². The van der Waals surface area contributed by atoms with Gasteiger partial charge in [-0.2, -0.15) is 0 Å². The number of halogens is 1. The minimum Gasteiger partial charge on any atom is -0.301 e. The van der Waals surface area contributed by atoms with Crippen LogP contribution in [0.25, 0.3) is 0 Å². The highest BCUT2D eigenvalue weighted by Crippen LogP contribution is 2.29. The van der Waals surface area contributed by atoms with Crippen molar-refractivity contribution in [3.8, 4) is 0 Å². The predicted molar refractivity (Wildman–Crippen MR) is 102 cm³/mol. The SMILES string of the molecule is C[C@H](c1ccc(Br)cc1)N(C(=O)c1ccccc1)c1ccccc1. The summed E-state index contributed by atoms with van der Waals surface area (Å²) in [5, 5.41) is 0. The van der Waals surface area contributed by atoms with Crippen LogP contribution in [0.5, 0.6) is 0 Å². The van der Waals surface area contributed by atoms with E-state index in [9.17, 15) is 4.79 Å². The molecule has 0 aliphatic heterocycles. The van der Waals surface area contributed by atoms with Crippen LogP contribution in [0, 0.1) is 0 Å². The molecule has 0 spiro atoms. The minimum absolute atomic E-state index is 0.00258. The van der Waals surface area contributed by atoms with Gasteiger partial charge in [-0.15, -0.1) is 0 Å². The maximum Gasteiger partial charge on any atom is 0.258 e. The van der Waals surface area contributed by atoms with Crippen LogP contribution in [0.3, 0.4) is 0 Å². The number of hydrogen-bond donors (Lipinski definition) is 0. The van der Waals surface area contributed by atoms with Gasteiger partial charge in [-0.3, -0.25) is 4.79 Å². The van der Waals surface area contributed by atoms with Gasteiger partial charge in [-0.05, 0) is 48.9 Å². The van der Waals surface area contributed by atoms with Gasteiger partial charge in [-0.1, -0.05) is 64.5 Å². The normalized spacial score (nSPS) is 11.8. The topological polar surface area (TPSA) is 20.3 Å². The van der Waals surface area contributed by atoms with Crippen molar-refractivity contribution in [2.45, 2.75) is 13.0 Å². The van der Waals surface area contributed by atoms with E-state index in [4.69, 9.17) is 0 Å². The highest BCUT2D eigenvalue weighted by Gasteiger charge is 2.24. The first-order valence-corrected chi connectivity index (χ1v) is 8.65. The summed E-state index contributed by atoms with van der Waals surface area (Å²) in [6, 6.07) is 27.2. The molecule has 0 aliphatic carbocycles. The Hall–Kier alpha value is -2.39. The second-order valence-corrected chi connectivity index (χ2v) is 6.52.